The number of hydrogen-bond acceptors (Lipinski definition) is 3. The minimum Gasteiger partial charge on any atom is -0.478 e. The third-order valence-corrected chi connectivity index (χ3v) is 4.03. The van der Waals surface area contributed by atoms with Crippen LogP contribution in [0.1, 0.15) is 27.2 Å². The van der Waals surface area contributed by atoms with Gasteiger partial charge in [-0.2, -0.15) is 5.26 Å². The lowest BCUT2D eigenvalue weighted by atomic mass is 10.0. The number of aromatic carboxylic acids is 1. The second-order valence-corrected chi connectivity index (χ2v) is 5.63. The van der Waals surface area contributed by atoms with Crippen molar-refractivity contribution in [3.8, 4) is 17.4 Å². The molecule has 0 unspecified atom stereocenters. The van der Waals surface area contributed by atoms with Gasteiger partial charge in [-0.3, -0.25) is 0 Å². The van der Waals surface area contributed by atoms with Crippen LogP contribution in [0, 0.1) is 24.1 Å². The van der Waals surface area contributed by atoms with Crippen molar-refractivity contribution in [1.82, 2.24) is 0 Å². The summed E-state index contributed by atoms with van der Waals surface area (Å²) in [7, 11) is 0. The fraction of sp³-hybridized carbons (Fsp3) is 0.0476. The molecular formula is C21H14FNO3. The minimum absolute atomic E-state index is 0.139. The molecule has 3 rings (SSSR count). The van der Waals surface area contributed by atoms with E-state index in [9.17, 15) is 19.6 Å². The second-order valence-electron chi connectivity index (χ2n) is 5.63. The van der Waals surface area contributed by atoms with Gasteiger partial charge in [-0.25, -0.2) is 9.18 Å². The van der Waals surface area contributed by atoms with Gasteiger partial charge in [0.15, 0.2) is 0 Å². The van der Waals surface area contributed by atoms with Gasteiger partial charge in [0, 0.05) is 11.1 Å². The van der Waals surface area contributed by atoms with Crippen LogP contribution in [0.25, 0.3) is 23.0 Å². The number of nitriles is 1. The summed E-state index contributed by atoms with van der Waals surface area (Å²) in [5.41, 5.74) is 1.76. The zero-order chi connectivity index (χ0) is 18.7. The molecule has 0 aliphatic rings. The predicted octanol–water partition coefficient (Wildman–Crippen LogP) is 5.16. The van der Waals surface area contributed by atoms with Crippen LogP contribution in [0.15, 0.2) is 59.0 Å². The van der Waals surface area contributed by atoms with E-state index < -0.39 is 11.8 Å². The molecule has 0 spiro atoms. The maximum absolute atomic E-state index is 13.9. The summed E-state index contributed by atoms with van der Waals surface area (Å²) >= 11 is 0. The van der Waals surface area contributed by atoms with E-state index in [0.29, 0.717) is 22.6 Å². The molecule has 5 heteroatoms. The number of rotatable bonds is 4. The van der Waals surface area contributed by atoms with Gasteiger partial charge in [0.05, 0.1) is 17.2 Å². The largest absolute Gasteiger partial charge is 0.478 e. The lowest BCUT2D eigenvalue weighted by Gasteiger charge is -2.06. The van der Waals surface area contributed by atoms with Gasteiger partial charge in [0.2, 0.25) is 0 Å². The van der Waals surface area contributed by atoms with Crippen LogP contribution < -0.4 is 0 Å². The normalized spacial score (nSPS) is 11.2. The van der Waals surface area contributed by atoms with Crippen LogP contribution in [0.4, 0.5) is 4.39 Å². The van der Waals surface area contributed by atoms with E-state index in [2.05, 4.69) is 0 Å². The summed E-state index contributed by atoms with van der Waals surface area (Å²) in [5, 5.41) is 18.6. The van der Waals surface area contributed by atoms with Gasteiger partial charge in [-0.1, -0.05) is 30.3 Å². The van der Waals surface area contributed by atoms with Crippen molar-refractivity contribution < 1.29 is 18.7 Å². The molecule has 128 valence electrons. The molecule has 0 saturated heterocycles. The first-order valence-corrected chi connectivity index (χ1v) is 7.81. The fourth-order valence-electron chi connectivity index (χ4n) is 2.70. The summed E-state index contributed by atoms with van der Waals surface area (Å²) in [5.74, 6) is -0.651. The Labute approximate surface area is 149 Å². The highest BCUT2D eigenvalue weighted by atomic mass is 19.1. The van der Waals surface area contributed by atoms with E-state index in [-0.39, 0.29) is 16.7 Å². The van der Waals surface area contributed by atoms with E-state index >= 15 is 0 Å². The molecule has 26 heavy (non-hydrogen) atoms. The van der Waals surface area contributed by atoms with Crippen molar-refractivity contribution in [3.63, 3.8) is 0 Å². The van der Waals surface area contributed by atoms with E-state index in [1.807, 2.05) is 6.07 Å². The molecule has 0 aliphatic heterocycles. The quantitative estimate of drug-likeness (QED) is 0.662. The van der Waals surface area contributed by atoms with Gasteiger partial charge < -0.3 is 9.52 Å². The second kappa shape index (κ2) is 7.08. The average molecular weight is 347 g/mol. The molecule has 0 fully saturated rings. The first-order valence-electron chi connectivity index (χ1n) is 7.81. The SMILES string of the molecule is Cc1c(C(=O)O)cccc1-c1ccc(C=C(C#N)c2ccccc2F)o1. The van der Waals surface area contributed by atoms with Gasteiger partial charge in [-0.05, 0) is 42.8 Å². The smallest absolute Gasteiger partial charge is 0.335 e. The Bertz CT molecular complexity index is 1060. The van der Waals surface area contributed by atoms with Crippen LogP contribution in [0.3, 0.4) is 0 Å². The molecule has 0 aliphatic carbocycles. The van der Waals surface area contributed by atoms with Crippen molar-refractivity contribution in [1.29, 1.82) is 5.26 Å². The van der Waals surface area contributed by atoms with Crippen LogP contribution in [0.2, 0.25) is 0 Å². The number of furan rings is 1. The van der Waals surface area contributed by atoms with Gasteiger partial charge in [0.1, 0.15) is 17.3 Å². The first kappa shape index (κ1) is 17.2. The number of benzene rings is 2. The molecule has 0 saturated carbocycles. The molecule has 0 radical (unpaired) electrons. The highest BCUT2D eigenvalue weighted by molar-refractivity contribution is 5.92. The van der Waals surface area contributed by atoms with Crippen molar-refractivity contribution >= 4 is 17.6 Å². The van der Waals surface area contributed by atoms with E-state index in [4.69, 9.17) is 4.42 Å². The first-order chi connectivity index (χ1) is 12.5. The molecule has 0 bridgehead atoms. The van der Waals surface area contributed by atoms with Crippen LogP contribution in [-0.4, -0.2) is 11.1 Å². The van der Waals surface area contributed by atoms with Crippen LogP contribution in [-0.2, 0) is 0 Å². The summed E-state index contributed by atoms with van der Waals surface area (Å²) in [6, 6.07) is 16.3. The Morgan fingerprint density at radius 3 is 2.54 bits per heavy atom. The molecule has 1 N–H and O–H groups in total. The average Bonchev–Trinajstić information content (AvgIpc) is 3.08. The monoisotopic (exact) mass is 347 g/mol. The van der Waals surface area contributed by atoms with Gasteiger partial charge in [0.25, 0.3) is 0 Å². The number of carboxylic acid groups (broad SMARTS) is 1. The van der Waals surface area contributed by atoms with Gasteiger partial charge >= 0.3 is 5.97 Å². The molecule has 2 aromatic carbocycles. The number of allylic oxidation sites excluding steroid dienone is 1. The Morgan fingerprint density at radius 2 is 1.85 bits per heavy atom. The fourth-order valence-corrected chi connectivity index (χ4v) is 2.70. The van der Waals surface area contributed by atoms with Crippen molar-refractivity contribution in [2.24, 2.45) is 0 Å². The van der Waals surface area contributed by atoms with E-state index in [0.717, 1.165) is 0 Å². The summed E-state index contributed by atoms with van der Waals surface area (Å²) in [6.45, 7) is 1.71. The van der Waals surface area contributed by atoms with Crippen LogP contribution >= 0.6 is 0 Å². The summed E-state index contributed by atoms with van der Waals surface area (Å²) in [4.78, 5) is 11.3. The Kier molecular flexibility index (Phi) is 4.68. The van der Waals surface area contributed by atoms with Crippen LogP contribution in [0.5, 0.6) is 0 Å². The molecule has 0 atom stereocenters. The van der Waals surface area contributed by atoms with Crippen molar-refractivity contribution in [2.75, 3.05) is 0 Å². The number of carboxylic acids is 1. The third-order valence-electron chi connectivity index (χ3n) is 4.03. The van der Waals surface area contributed by atoms with Crippen molar-refractivity contribution in [3.05, 3.63) is 82.9 Å². The Morgan fingerprint density at radius 1 is 1.12 bits per heavy atom. The molecule has 0 amide bonds. The molecule has 1 heterocycles. The lowest BCUT2D eigenvalue weighted by Crippen LogP contribution is -2.00. The molecule has 3 aromatic rings. The van der Waals surface area contributed by atoms with E-state index in [1.54, 1.807) is 43.3 Å². The number of carbonyl (C=O) groups is 1. The predicted molar refractivity (Wildman–Crippen MR) is 95.7 cm³/mol. The van der Waals surface area contributed by atoms with E-state index in [1.165, 1.54) is 24.3 Å². The summed E-state index contributed by atoms with van der Waals surface area (Å²) < 4.78 is 19.6. The Hall–Kier alpha value is -3.65. The Balaban J connectivity index is 2.01. The highest BCUT2D eigenvalue weighted by Crippen LogP contribution is 2.29. The summed E-state index contributed by atoms with van der Waals surface area (Å²) in [6.07, 6.45) is 1.46. The molecular weight excluding hydrogens is 333 g/mol. The zero-order valence-corrected chi connectivity index (χ0v) is 13.9. The standard InChI is InChI=1S/C21H14FNO3/c1-13-16(6-4-7-17(13)21(24)25)20-10-9-15(26-20)11-14(12-23)18-5-2-3-8-19(18)22/h2-11H,1H3,(H,24,25). The number of nitrogens with zero attached hydrogens (tertiary/aromatic N) is 1. The maximum Gasteiger partial charge on any atom is 0.335 e. The molecule has 1 aromatic heterocycles. The minimum atomic E-state index is -1.01. The third kappa shape index (κ3) is 3.26. The van der Waals surface area contributed by atoms with Crippen molar-refractivity contribution in [2.45, 2.75) is 6.92 Å². The maximum atomic E-state index is 13.9. The number of halogens is 1. The number of hydrogen-bond donors (Lipinski definition) is 1. The van der Waals surface area contributed by atoms with Gasteiger partial charge in [-0.15, -0.1) is 0 Å². The lowest BCUT2D eigenvalue weighted by molar-refractivity contribution is 0.0696. The molecule has 4 nitrogen and oxygen atoms in total. The highest BCUT2D eigenvalue weighted by Gasteiger charge is 2.14. The topological polar surface area (TPSA) is 74.2 Å². The zero-order valence-electron chi connectivity index (χ0n) is 13.9.